The van der Waals surface area contributed by atoms with Gasteiger partial charge in [0.05, 0.1) is 6.20 Å². The highest BCUT2D eigenvalue weighted by Gasteiger charge is 2.03. The summed E-state index contributed by atoms with van der Waals surface area (Å²) in [6.07, 6.45) is 2.97. The van der Waals surface area contributed by atoms with Crippen molar-refractivity contribution in [2.45, 2.75) is 20.3 Å². The van der Waals surface area contributed by atoms with Crippen LogP contribution in [0.2, 0.25) is 0 Å². The molecule has 1 atom stereocenters. The molecule has 3 nitrogen and oxygen atoms in total. The molecular formula is C13H17N3. The molecule has 1 N–H and O–H groups in total. The molecule has 0 saturated heterocycles. The van der Waals surface area contributed by atoms with E-state index in [0.717, 1.165) is 23.1 Å². The van der Waals surface area contributed by atoms with Gasteiger partial charge in [-0.15, -0.1) is 5.10 Å². The van der Waals surface area contributed by atoms with E-state index in [0.29, 0.717) is 5.92 Å². The van der Waals surface area contributed by atoms with Crippen LogP contribution in [0.3, 0.4) is 0 Å². The van der Waals surface area contributed by atoms with Gasteiger partial charge in [0.1, 0.15) is 0 Å². The van der Waals surface area contributed by atoms with E-state index in [9.17, 15) is 0 Å². The summed E-state index contributed by atoms with van der Waals surface area (Å²) in [6.45, 7) is 5.37. The molecule has 0 spiro atoms. The van der Waals surface area contributed by atoms with Crippen LogP contribution in [0.5, 0.6) is 0 Å². The van der Waals surface area contributed by atoms with Crippen molar-refractivity contribution < 1.29 is 0 Å². The number of fused-ring (bicyclic) bond motifs is 1. The largest absolute Gasteiger partial charge is 0.368 e. The molecule has 0 aliphatic rings. The van der Waals surface area contributed by atoms with Gasteiger partial charge in [0.25, 0.3) is 0 Å². The summed E-state index contributed by atoms with van der Waals surface area (Å²) in [6, 6.07) is 8.17. The van der Waals surface area contributed by atoms with Crippen molar-refractivity contribution in [1.82, 2.24) is 10.2 Å². The summed E-state index contributed by atoms with van der Waals surface area (Å²) in [4.78, 5) is 0. The van der Waals surface area contributed by atoms with Crippen LogP contribution >= 0.6 is 0 Å². The minimum atomic E-state index is 0.653. The first-order chi connectivity index (χ1) is 7.81. The van der Waals surface area contributed by atoms with Crippen molar-refractivity contribution >= 4 is 16.6 Å². The molecule has 0 bridgehead atoms. The highest BCUT2D eigenvalue weighted by Crippen LogP contribution is 2.19. The summed E-state index contributed by atoms with van der Waals surface area (Å²) < 4.78 is 0. The average Bonchev–Trinajstić information content (AvgIpc) is 2.35. The lowest BCUT2D eigenvalue weighted by Gasteiger charge is -2.11. The molecule has 1 unspecified atom stereocenters. The third kappa shape index (κ3) is 2.30. The van der Waals surface area contributed by atoms with E-state index in [-0.39, 0.29) is 0 Å². The molecule has 84 valence electrons. The van der Waals surface area contributed by atoms with Crippen LogP contribution in [0.4, 0.5) is 5.82 Å². The molecule has 1 aromatic carbocycles. The van der Waals surface area contributed by atoms with Crippen LogP contribution in [-0.4, -0.2) is 16.7 Å². The first-order valence-corrected chi connectivity index (χ1v) is 5.75. The number of anilines is 1. The Labute approximate surface area is 95.9 Å². The monoisotopic (exact) mass is 215 g/mol. The fourth-order valence-electron chi connectivity index (χ4n) is 1.57. The van der Waals surface area contributed by atoms with Gasteiger partial charge in [-0.3, -0.25) is 0 Å². The maximum atomic E-state index is 4.15. The van der Waals surface area contributed by atoms with Crippen molar-refractivity contribution in [2.75, 3.05) is 11.9 Å². The van der Waals surface area contributed by atoms with E-state index in [1.165, 1.54) is 6.42 Å². The van der Waals surface area contributed by atoms with Crippen molar-refractivity contribution in [3.05, 3.63) is 30.5 Å². The molecule has 2 aromatic rings. The third-order valence-corrected chi connectivity index (χ3v) is 2.89. The highest BCUT2D eigenvalue weighted by molar-refractivity contribution is 5.90. The number of hydrogen-bond donors (Lipinski definition) is 1. The number of rotatable bonds is 4. The zero-order valence-corrected chi connectivity index (χ0v) is 9.77. The number of nitrogens with zero attached hydrogens (tertiary/aromatic N) is 2. The SMILES string of the molecule is CCC(C)CNc1nncc2ccccc12. The van der Waals surface area contributed by atoms with E-state index >= 15 is 0 Å². The van der Waals surface area contributed by atoms with Crippen molar-refractivity contribution in [3.8, 4) is 0 Å². The van der Waals surface area contributed by atoms with Crippen LogP contribution in [-0.2, 0) is 0 Å². The Kier molecular flexibility index (Phi) is 3.34. The Hall–Kier alpha value is -1.64. The number of nitrogens with one attached hydrogen (secondary N) is 1. The second-order valence-electron chi connectivity index (χ2n) is 4.17. The van der Waals surface area contributed by atoms with Gasteiger partial charge in [-0.2, -0.15) is 5.10 Å². The van der Waals surface area contributed by atoms with Gasteiger partial charge < -0.3 is 5.32 Å². The molecule has 0 saturated carbocycles. The average molecular weight is 215 g/mol. The fourth-order valence-corrected chi connectivity index (χ4v) is 1.57. The summed E-state index contributed by atoms with van der Waals surface area (Å²) in [5.74, 6) is 1.54. The summed E-state index contributed by atoms with van der Waals surface area (Å²) >= 11 is 0. The Morgan fingerprint density at radius 3 is 2.94 bits per heavy atom. The number of aromatic nitrogens is 2. The molecular weight excluding hydrogens is 198 g/mol. The van der Waals surface area contributed by atoms with Gasteiger partial charge in [-0.05, 0) is 5.92 Å². The maximum absolute atomic E-state index is 4.15. The van der Waals surface area contributed by atoms with Crippen LogP contribution < -0.4 is 5.32 Å². The second kappa shape index (κ2) is 4.92. The predicted octanol–water partition coefficient (Wildman–Crippen LogP) is 3.09. The molecule has 0 aliphatic heterocycles. The smallest absolute Gasteiger partial charge is 0.156 e. The molecule has 0 amide bonds. The van der Waals surface area contributed by atoms with Crippen LogP contribution in [0.25, 0.3) is 10.8 Å². The van der Waals surface area contributed by atoms with E-state index in [1.54, 1.807) is 6.20 Å². The summed E-state index contributed by atoms with van der Waals surface area (Å²) in [5.41, 5.74) is 0. The van der Waals surface area contributed by atoms with Gasteiger partial charge in [-0.25, -0.2) is 0 Å². The summed E-state index contributed by atoms with van der Waals surface area (Å²) in [5, 5.41) is 13.8. The molecule has 0 aliphatic carbocycles. The lowest BCUT2D eigenvalue weighted by molar-refractivity contribution is 0.592. The first kappa shape index (κ1) is 10.9. The zero-order valence-electron chi connectivity index (χ0n) is 9.77. The fraction of sp³-hybridized carbons (Fsp3) is 0.385. The van der Waals surface area contributed by atoms with Crippen molar-refractivity contribution in [1.29, 1.82) is 0 Å². The van der Waals surface area contributed by atoms with Crippen molar-refractivity contribution in [2.24, 2.45) is 5.92 Å². The molecule has 1 aromatic heterocycles. The molecule has 3 heteroatoms. The molecule has 1 heterocycles. The third-order valence-electron chi connectivity index (χ3n) is 2.89. The normalized spacial score (nSPS) is 12.6. The predicted molar refractivity (Wildman–Crippen MR) is 67.5 cm³/mol. The van der Waals surface area contributed by atoms with E-state index in [1.807, 2.05) is 12.1 Å². The molecule has 2 rings (SSSR count). The first-order valence-electron chi connectivity index (χ1n) is 5.75. The maximum Gasteiger partial charge on any atom is 0.156 e. The van der Waals surface area contributed by atoms with Gasteiger partial charge in [-0.1, -0.05) is 44.5 Å². The number of hydrogen-bond acceptors (Lipinski definition) is 3. The van der Waals surface area contributed by atoms with Crippen LogP contribution in [0, 0.1) is 5.92 Å². The van der Waals surface area contributed by atoms with Crippen molar-refractivity contribution in [3.63, 3.8) is 0 Å². The minimum Gasteiger partial charge on any atom is -0.368 e. The molecule has 16 heavy (non-hydrogen) atoms. The minimum absolute atomic E-state index is 0.653. The zero-order chi connectivity index (χ0) is 11.4. The lowest BCUT2D eigenvalue weighted by Crippen LogP contribution is -2.11. The lowest BCUT2D eigenvalue weighted by atomic mass is 10.1. The topological polar surface area (TPSA) is 37.8 Å². The van der Waals surface area contributed by atoms with Gasteiger partial charge >= 0.3 is 0 Å². The Morgan fingerprint density at radius 1 is 1.31 bits per heavy atom. The van der Waals surface area contributed by atoms with E-state index in [4.69, 9.17) is 0 Å². The Balaban J connectivity index is 2.23. The molecule has 0 radical (unpaired) electrons. The Morgan fingerprint density at radius 2 is 2.12 bits per heavy atom. The quantitative estimate of drug-likeness (QED) is 0.851. The van der Waals surface area contributed by atoms with E-state index in [2.05, 4.69) is 41.5 Å². The van der Waals surface area contributed by atoms with Gasteiger partial charge in [0.15, 0.2) is 5.82 Å². The molecule has 0 fully saturated rings. The standard InChI is InChI=1S/C13H17N3/c1-3-10(2)8-14-13-12-7-5-4-6-11(12)9-15-16-13/h4-7,9-10H,3,8H2,1-2H3,(H,14,16). The number of benzene rings is 1. The summed E-state index contributed by atoms with van der Waals surface area (Å²) in [7, 11) is 0. The Bertz CT molecular complexity index is 462. The van der Waals surface area contributed by atoms with Gasteiger partial charge in [0, 0.05) is 17.3 Å². The van der Waals surface area contributed by atoms with Gasteiger partial charge in [0.2, 0.25) is 0 Å². The van der Waals surface area contributed by atoms with E-state index < -0.39 is 0 Å². The highest BCUT2D eigenvalue weighted by atomic mass is 15.2. The second-order valence-corrected chi connectivity index (χ2v) is 4.17. The van der Waals surface area contributed by atoms with Crippen LogP contribution in [0.15, 0.2) is 30.5 Å². The van der Waals surface area contributed by atoms with Crippen LogP contribution in [0.1, 0.15) is 20.3 Å².